The van der Waals surface area contributed by atoms with Crippen LogP contribution in [0.1, 0.15) is 15.9 Å². The minimum absolute atomic E-state index is 0.00638. The minimum atomic E-state index is -2.69. The molecule has 0 N–H and O–H groups in total. The molecule has 1 aromatic carbocycles. The maximum absolute atomic E-state index is 12.4. The molecule has 0 aliphatic carbocycles. The Kier molecular flexibility index (Phi) is 5.82. The lowest BCUT2D eigenvalue weighted by molar-refractivity contribution is -0.384. The summed E-state index contributed by atoms with van der Waals surface area (Å²) in [4.78, 5) is 23.1. The van der Waals surface area contributed by atoms with Crippen LogP contribution in [0.3, 0.4) is 0 Å². The maximum atomic E-state index is 12.4. The topological polar surface area (TPSA) is 63.5 Å². The lowest BCUT2D eigenvalue weighted by atomic mass is 10.1. The Balaban J connectivity index is 3.10. The second-order valence-corrected chi connectivity index (χ2v) is 4.47. The van der Waals surface area contributed by atoms with Crippen LogP contribution >= 0.6 is 11.6 Å². The number of carbonyl (C=O) groups is 1. The number of nitro groups is 1. The van der Waals surface area contributed by atoms with E-state index in [4.69, 9.17) is 11.6 Å². The molecular formula is C12H13ClF2N2O3. The summed E-state index contributed by atoms with van der Waals surface area (Å²) in [5, 5.41) is 10.7. The highest BCUT2D eigenvalue weighted by Gasteiger charge is 2.22. The highest BCUT2D eigenvalue weighted by molar-refractivity contribution is 6.18. The van der Waals surface area contributed by atoms with E-state index in [1.807, 2.05) is 0 Å². The number of rotatable bonds is 6. The number of aryl methyl sites for hydroxylation is 1. The van der Waals surface area contributed by atoms with Crippen LogP contribution in [0.25, 0.3) is 0 Å². The molecule has 0 atom stereocenters. The van der Waals surface area contributed by atoms with Crippen molar-refractivity contribution in [3.8, 4) is 0 Å². The summed E-state index contributed by atoms with van der Waals surface area (Å²) in [6.45, 7) is 0.777. The molecule has 8 heteroatoms. The van der Waals surface area contributed by atoms with Crippen molar-refractivity contribution in [2.45, 2.75) is 13.3 Å². The fourth-order valence-electron chi connectivity index (χ4n) is 1.67. The summed E-state index contributed by atoms with van der Waals surface area (Å²) < 4.78 is 24.9. The van der Waals surface area contributed by atoms with Crippen molar-refractivity contribution < 1.29 is 18.5 Å². The van der Waals surface area contributed by atoms with Crippen molar-refractivity contribution in [3.63, 3.8) is 0 Å². The summed E-state index contributed by atoms with van der Waals surface area (Å²) in [5.41, 5.74) is 0.251. The Morgan fingerprint density at radius 1 is 1.50 bits per heavy atom. The second kappa shape index (κ2) is 7.14. The van der Waals surface area contributed by atoms with Crippen molar-refractivity contribution >= 4 is 23.2 Å². The van der Waals surface area contributed by atoms with Gasteiger partial charge in [-0.15, -0.1) is 11.6 Å². The number of hydrogen-bond donors (Lipinski definition) is 0. The minimum Gasteiger partial charge on any atom is -0.332 e. The van der Waals surface area contributed by atoms with Gasteiger partial charge in [-0.3, -0.25) is 14.9 Å². The molecule has 0 spiro atoms. The van der Waals surface area contributed by atoms with Gasteiger partial charge in [-0.25, -0.2) is 8.78 Å². The van der Waals surface area contributed by atoms with Gasteiger partial charge in [0.2, 0.25) is 0 Å². The van der Waals surface area contributed by atoms with Gasteiger partial charge in [0, 0.05) is 30.1 Å². The van der Waals surface area contributed by atoms with E-state index in [0.717, 1.165) is 11.0 Å². The second-order valence-electron chi connectivity index (χ2n) is 4.09. The summed E-state index contributed by atoms with van der Waals surface area (Å²) in [7, 11) is 0. The fourth-order valence-corrected chi connectivity index (χ4v) is 1.87. The van der Waals surface area contributed by atoms with Crippen LogP contribution in [0.5, 0.6) is 0 Å². The zero-order valence-electron chi connectivity index (χ0n) is 10.7. The van der Waals surface area contributed by atoms with Crippen LogP contribution < -0.4 is 0 Å². The summed E-state index contributed by atoms with van der Waals surface area (Å²) in [6.07, 6.45) is -2.69. The number of nitro benzene ring substituents is 1. The molecule has 0 saturated carbocycles. The van der Waals surface area contributed by atoms with E-state index >= 15 is 0 Å². The van der Waals surface area contributed by atoms with Crippen molar-refractivity contribution in [3.05, 3.63) is 39.4 Å². The molecule has 0 aromatic heterocycles. The molecule has 20 heavy (non-hydrogen) atoms. The molecule has 0 aliphatic heterocycles. The van der Waals surface area contributed by atoms with Gasteiger partial charge in [-0.2, -0.15) is 0 Å². The van der Waals surface area contributed by atoms with Gasteiger partial charge in [0.15, 0.2) is 0 Å². The van der Waals surface area contributed by atoms with Gasteiger partial charge < -0.3 is 4.90 Å². The van der Waals surface area contributed by atoms with E-state index < -0.39 is 23.8 Å². The van der Waals surface area contributed by atoms with Crippen LogP contribution in [0, 0.1) is 17.0 Å². The Labute approximate surface area is 119 Å². The zero-order valence-corrected chi connectivity index (χ0v) is 11.4. The van der Waals surface area contributed by atoms with E-state index in [1.165, 1.54) is 12.1 Å². The van der Waals surface area contributed by atoms with Crippen molar-refractivity contribution in [2.24, 2.45) is 0 Å². The number of non-ortho nitro benzene ring substituents is 1. The molecule has 0 saturated heterocycles. The number of benzene rings is 1. The van der Waals surface area contributed by atoms with Crippen molar-refractivity contribution in [1.82, 2.24) is 4.90 Å². The SMILES string of the molecule is Cc1ccc([N+](=O)[O-])cc1C(=O)N(CCCl)CC(F)F. The van der Waals surface area contributed by atoms with E-state index in [9.17, 15) is 23.7 Å². The molecule has 110 valence electrons. The van der Waals surface area contributed by atoms with Gasteiger partial charge in [0.1, 0.15) is 0 Å². The van der Waals surface area contributed by atoms with Gasteiger partial charge in [0.05, 0.1) is 11.5 Å². The predicted molar refractivity (Wildman–Crippen MR) is 70.5 cm³/mol. The van der Waals surface area contributed by atoms with Gasteiger partial charge in [-0.1, -0.05) is 6.07 Å². The molecule has 0 unspecified atom stereocenters. The Hall–Kier alpha value is -1.76. The third-order valence-corrected chi connectivity index (χ3v) is 2.83. The molecular weight excluding hydrogens is 294 g/mol. The lowest BCUT2D eigenvalue weighted by Gasteiger charge is -2.22. The normalized spacial score (nSPS) is 10.7. The number of carbonyl (C=O) groups excluding carboxylic acids is 1. The first-order valence-corrected chi connectivity index (χ1v) is 6.28. The number of alkyl halides is 3. The maximum Gasteiger partial charge on any atom is 0.270 e. The molecule has 0 bridgehead atoms. The Morgan fingerprint density at radius 2 is 2.15 bits per heavy atom. The summed E-state index contributed by atoms with van der Waals surface area (Å²) in [6, 6.07) is 3.75. The molecule has 0 aliphatic rings. The van der Waals surface area contributed by atoms with Crippen LogP contribution in [0.4, 0.5) is 14.5 Å². The van der Waals surface area contributed by atoms with Crippen molar-refractivity contribution in [2.75, 3.05) is 19.0 Å². The van der Waals surface area contributed by atoms with E-state index in [0.29, 0.717) is 5.56 Å². The quantitative estimate of drug-likeness (QED) is 0.461. The highest BCUT2D eigenvalue weighted by atomic mass is 35.5. The molecule has 1 rings (SSSR count). The molecule has 1 aromatic rings. The van der Waals surface area contributed by atoms with Gasteiger partial charge >= 0.3 is 0 Å². The van der Waals surface area contributed by atoms with Crippen molar-refractivity contribution in [1.29, 1.82) is 0 Å². The summed E-state index contributed by atoms with van der Waals surface area (Å²) >= 11 is 5.49. The van der Waals surface area contributed by atoms with Crippen LogP contribution in [-0.2, 0) is 0 Å². The lowest BCUT2D eigenvalue weighted by Crippen LogP contribution is -2.37. The largest absolute Gasteiger partial charge is 0.332 e. The zero-order chi connectivity index (χ0) is 15.3. The number of amides is 1. The number of halogens is 3. The molecule has 0 fully saturated rings. The van der Waals surface area contributed by atoms with E-state index in [-0.39, 0.29) is 23.7 Å². The highest BCUT2D eigenvalue weighted by Crippen LogP contribution is 2.19. The average Bonchev–Trinajstić information content (AvgIpc) is 2.37. The molecule has 1 amide bonds. The monoisotopic (exact) mass is 306 g/mol. The fraction of sp³-hybridized carbons (Fsp3) is 0.417. The average molecular weight is 307 g/mol. The summed E-state index contributed by atoms with van der Waals surface area (Å²) in [5.74, 6) is -0.681. The van der Waals surface area contributed by atoms with Gasteiger partial charge in [-0.05, 0) is 12.5 Å². The number of hydrogen-bond acceptors (Lipinski definition) is 3. The molecule has 0 radical (unpaired) electrons. The predicted octanol–water partition coefficient (Wildman–Crippen LogP) is 2.85. The first kappa shape index (κ1) is 16.3. The van der Waals surface area contributed by atoms with E-state index in [2.05, 4.69) is 0 Å². The Morgan fingerprint density at radius 3 is 2.65 bits per heavy atom. The first-order valence-electron chi connectivity index (χ1n) is 5.75. The smallest absolute Gasteiger partial charge is 0.270 e. The van der Waals surface area contributed by atoms with Crippen LogP contribution in [0.2, 0.25) is 0 Å². The van der Waals surface area contributed by atoms with Gasteiger partial charge in [0.25, 0.3) is 18.0 Å². The van der Waals surface area contributed by atoms with Crippen LogP contribution in [-0.4, -0.2) is 41.1 Å². The third-order valence-electron chi connectivity index (χ3n) is 2.66. The number of nitrogens with zero attached hydrogens (tertiary/aromatic N) is 2. The van der Waals surface area contributed by atoms with E-state index in [1.54, 1.807) is 6.92 Å². The van der Waals surface area contributed by atoms with Crippen LogP contribution in [0.15, 0.2) is 18.2 Å². The molecule has 5 nitrogen and oxygen atoms in total. The third kappa shape index (κ3) is 4.12. The standard InChI is InChI=1S/C12H13ClF2N2O3/c1-8-2-3-9(17(19)20)6-10(8)12(18)16(5-4-13)7-11(14)15/h2-3,6,11H,4-5,7H2,1H3. The molecule has 0 heterocycles. The Bertz CT molecular complexity index is 511. The first-order chi connectivity index (χ1) is 9.36.